The van der Waals surface area contributed by atoms with Crippen molar-refractivity contribution in [2.75, 3.05) is 12.1 Å². The zero-order valence-corrected chi connectivity index (χ0v) is 16.8. The second-order valence-electron chi connectivity index (χ2n) is 7.87. The first kappa shape index (κ1) is 19.1. The van der Waals surface area contributed by atoms with Crippen LogP contribution < -0.4 is 14.8 Å². The average molecular weight is 418 g/mol. The minimum atomic E-state index is -1.08. The molecule has 0 radical (unpaired) electrons. The number of nitrogens with one attached hydrogen (secondary N) is 1. The van der Waals surface area contributed by atoms with Crippen LogP contribution >= 0.6 is 0 Å². The first-order chi connectivity index (χ1) is 15.0. The SMILES string of the molecule is Cc1ccc(NC(=O)C2(c3ccc4c(c3)OCO4)CC2)cc1-c1ccnc(C(=O)O)c1.[HH]. The summed E-state index contributed by atoms with van der Waals surface area (Å²) in [6, 6.07) is 14.6. The Hall–Kier alpha value is -3.87. The molecule has 31 heavy (non-hydrogen) atoms. The molecule has 5 rings (SSSR count). The molecule has 1 aromatic heterocycles. The Kier molecular flexibility index (Phi) is 4.39. The number of carbonyl (C=O) groups is 2. The molecule has 1 amide bonds. The van der Waals surface area contributed by atoms with E-state index in [1.54, 1.807) is 6.07 Å². The Labute approximate surface area is 180 Å². The van der Waals surface area contributed by atoms with E-state index in [-0.39, 0.29) is 19.8 Å². The number of hydrogen-bond donors (Lipinski definition) is 2. The number of amides is 1. The third kappa shape index (κ3) is 3.38. The van der Waals surface area contributed by atoms with Crippen LogP contribution in [-0.4, -0.2) is 28.8 Å². The number of hydrogen-bond acceptors (Lipinski definition) is 5. The minimum absolute atomic E-state index is 0. The number of anilines is 1. The van der Waals surface area contributed by atoms with Crippen LogP contribution in [0.2, 0.25) is 0 Å². The number of nitrogens with zero attached hydrogens (tertiary/aromatic N) is 1. The summed E-state index contributed by atoms with van der Waals surface area (Å²) < 4.78 is 10.8. The molecule has 7 heteroatoms. The van der Waals surface area contributed by atoms with E-state index >= 15 is 0 Å². The summed E-state index contributed by atoms with van der Waals surface area (Å²) in [6.07, 6.45) is 3.01. The molecule has 2 aliphatic rings. The van der Waals surface area contributed by atoms with Crippen molar-refractivity contribution in [1.29, 1.82) is 0 Å². The first-order valence-corrected chi connectivity index (χ1v) is 9.98. The molecular weight excluding hydrogens is 396 g/mol. The van der Waals surface area contributed by atoms with Crippen molar-refractivity contribution in [2.45, 2.75) is 25.2 Å². The van der Waals surface area contributed by atoms with Crippen molar-refractivity contribution in [3.8, 4) is 22.6 Å². The van der Waals surface area contributed by atoms with Gasteiger partial charge < -0.3 is 19.9 Å². The van der Waals surface area contributed by atoms with Gasteiger partial charge in [0.25, 0.3) is 0 Å². The van der Waals surface area contributed by atoms with Crippen LogP contribution in [0.5, 0.6) is 11.5 Å². The van der Waals surface area contributed by atoms with Gasteiger partial charge in [-0.2, -0.15) is 0 Å². The molecule has 0 atom stereocenters. The lowest BCUT2D eigenvalue weighted by atomic mass is 9.94. The molecule has 0 unspecified atom stereocenters. The standard InChI is InChI=1S/C24H20N2O5.H2/c1-14-2-4-17(12-18(14)15-6-9-25-19(10-15)22(27)28)26-23(29)24(7-8-24)16-3-5-20-21(11-16)31-13-30-20;/h2-6,9-12H,7-8,13H2,1H3,(H,26,29)(H,27,28);1H. The highest BCUT2D eigenvalue weighted by atomic mass is 16.7. The summed E-state index contributed by atoms with van der Waals surface area (Å²) in [6.45, 7) is 2.14. The van der Waals surface area contributed by atoms with Gasteiger partial charge in [-0.1, -0.05) is 12.1 Å². The molecular formula is C24H22N2O5. The van der Waals surface area contributed by atoms with Crippen LogP contribution in [0.3, 0.4) is 0 Å². The molecule has 2 aromatic carbocycles. The highest BCUT2D eigenvalue weighted by Gasteiger charge is 2.51. The zero-order valence-electron chi connectivity index (χ0n) is 16.8. The van der Waals surface area contributed by atoms with Gasteiger partial charge in [0.2, 0.25) is 12.7 Å². The monoisotopic (exact) mass is 418 g/mol. The van der Waals surface area contributed by atoms with Crippen molar-refractivity contribution >= 4 is 17.6 Å². The van der Waals surface area contributed by atoms with Gasteiger partial charge in [0, 0.05) is 13.3 Å². The summed E-state index contributed by atoms with van der Waals surface area (Å²) in [4.78, 5) is 28.3. The van der Waals surface area contributed by atoms with Crippen LogP contribution in [-0.2, 0) is 10.2 Å². The van der Waals surface area contributed by atoms with Crippen molar-refractivity contribution in [3.05, 3.63) is 71.5 Å². The lowest BCUT2D eigenvalue weighted by Gasteiger charge is -2.17. The van der Waals surface area contributed by atoms with Gasteiger partial charge in [-0.3, -0.25) is 4.79 Å². The summed E-state index contributed by atoms with van der Waals surface area (Å²) >= 11 is 0. The lowest BCUT2D eigenvalue weighted by molar-refractivity contribution is -0.118. The molecule has 1 aliphatic heterocycles. The van der Waals surface area contributed by atoms with Crippen molar-refractivity contribution in [2.24, 2.45) is 0 Å². The number of carboxylic acid groups (broad SMARTS) is 1. The van der Waals surface area contributed by atoms with Crippen LogP contribution in [0.15, 0.2) is 54.7 Å². The average Bonchev–Trinajstić information content (AvgIpc) is 3.46. The summed E-state index contributed by atoms with van der Waals surface area (Å²) in [7, 11) is 0. The fourth-order valence-electron chi connectivity index (χ4n) is 3.94. The molecule has 0 spiro atoms. The quantitative estimate of drug-likeness (QED) is 0.637. The van der Waals surface area contributed by atoms with E-state index in [1.807, 2.05) is 43.3 Å². The molecule has 1 saturated carbocycles. The number of fused-ring (bicyclic) bond motifs is 1. The predicted molar refractivity (Wildman–Crippen MR) is 116 cm³/mol. The second-order valence-corrected chi connectivity index (χ2v) is 7.87. The Bertz CT molecular complexity index is 1220. The highest BCUT2D eigenvalue weighted by Crippen LogP contribution is 2.51. The maximum atomic E-state index is 13.2. The smallest absolute Gasteiger partial charge is 0.354 e. The highest BCUT2D eigenvalue weighted by molar-refractivity contribution is 6.02. The Morgan fingerprint density at radius 1 is 1.06 bits per heavy atom. The molecule has 1 fully saturated rings. The van der Waals surface area contributed by atoms with Crippen LogP contribution in [0.4, 0.5) is 5.69 Å². The van der Waals surface area contributed by atoms with Gasteiger partial charge in [-0.05, 0) is 78.4 Å². The van der Waals surface area contributed by atoms with Gasteiger partial charge in [0.15, 0.2) is 11.5 Å². The maximum Gasteiger partial charge on any atom is 0.354 e. The third-order valence-corrected chi connectivity index (χ3v) is 5.90. The van der Waals surface area contributed by atoms with E-state index in [2.05, 4.69) is 10.3 Å². The topological polar surface area (TPSA) is 97.8 Å². The fourth-order valence-corrected chi connectivity index (χ4v) is 3.94. The number of carboxylic acids is 1. The van der Waals surface area contributed by atoms with Crippen molar-refractivity contribution in [3.63, 3.8) is 0 Å². The van der Waals surface area contributed by atoms with Gasteiger partial charge in [-0.15, -0.1) is 0 Å². The molecule has 2 N–H and O–H groups in total. The molecule has 1 aliphatic carbocycles. The Balaban J connectivity index is 0.00000245. The normalized spacial score (nSPS) is 15.4. The van der Waals surface area contributed by atoms with E-state index < -0.39 is 11.4 Å². The van der Waals surface area contributed by atoms with Gasteiger partial charge in [0.05, 0.1) is 5.41 Å². The number of aryl methyl sites for hydroxylation is 1. The number of rotatable bonds is 5. The molecule has 2 heterocycles. The molecule has 0 bridgehead atoms. The summed E-state index contributed by atoms with van der Waals surface area (Å²) in [5.74, 6) is 0.216. The molecule has 0 saturated heterocycles. The van der Waals surface area contributed by atoms with Gasteiger partial charge in [0.1, 0.15) is 5.69 Å². The third-order valence-electron chi connectivity index (χ3n) is 5.90. The number of aromatic carboxylic acids is 1. The van der Waals surface area contributed by atoms with Crippen molar-refractivity contribution in [1.82, 2.24) is 4.98 Å². The molecule has 7 nitrogen and oxygen atoms in total. The van der Waals surface area contributed by atoms with Crippen LogP contribution in [0, 0.1) is 6.92 Å². The van der Waals surface area contributed by atoms with E-state index in [1.165, 1.54) is 12.3 Å². The molecule has 158 valence electrons. The van der Waals surface area contributed by atoms with Crippen LogP contribution in [0.25, 0.3) is 11.1 Å². The Morgan fingerprint density at radius 3 is 2.65 bits per heavy atom. The molecule has 3 aromatic rings. The fraction of sp³-hybridized carbons (Fsp3) is 0.208. The van der Waals surface area contributed by atoms with E-state index in [0.717, 1.165) is 35.1 Å². The minimum Gasteiger partial charge on any atom is -0.477 e. The Morgan fingerprint density at radius 2 is 1.87 bits per heavy atom. The largest absolute Gasteiger partial charge is 0.477 e. The maximum absolute atomic E-state index is 13.2. The second kappa shape index (κ2) is 7.12. The number of carbonyl (C=O) groups excluding carboxylic acids is 1. The number of benzene rings is 2. The van der Waals surface area contributed by atoms with E-state index in [4.69, 9.17) is 9.47 Å². The number of pyridine rings is 1. The number of ether oxygens (including phenoxy) is 2. The van der Waals surface area contributed by atoms with Gasteiger partial charge >= 0.3 is 5.97 Å². The van der Waals surface area contributed by atoms with Crippen LogP contribution in [0.1, 0.15) is 35.9 Å². The predicted octanol–water partition coefficient (Wildman–Crippen LogP) is 4.40. The van der Waals surface area contributed by atoms with Gasteiger partial charge in [-0.25, -0.2) is 9.78 Å². The van der Waals surface area contributed by atoms with Crippen molar-refractivity contribution < 1.29 is 25.6 Å². The number of aromatic nitrogens is 1. The lowest BCUT2D eigenvalue weighted by Crippen LogP contribution is -2.27. The zero-order chi connectivity index (χ0) is 21.6. The summed E-state index contributed by atoms with van der Waals surface area (Å²) in [5.41, 5.74) is 3.53. The van der Waals surface area contributed by atoms with E-state index in [0.29, 0.717) is 17.2 Å². The summed E-state index contributed by atoms with van der Waals surface area (Å²) in [5, 5.41) is 12.3. The first-order valence-electron chi connectivity index (χ1n) is 9.98. The van der Waals surface area contributed by atoms with E-state index in [9.17, 15) is 14.7 Å².